The molecule has 3 rings (SSSR count). The summed E-state index contributed by atoms with van der Waals surface area (Å²) in [6, 6.07) is 0.851. The molecule has 0 aliphatic carbocycles. The number of nitrogens with zero attached hydrogens (tertiary/aromatic N) is 7. The minimum atomic E-state index is -4.68. The Balaban J connectivity index is 1.97. The highest BCUT2D eigenvalue weighted by Crippen LogP contribution is 2.32. The molecule has 154 valence electrons. The minimum absolute atomic E-state index is 0.0472. The molecule has 0 fully saturated rings. The molecule has 3 aromatic rings. The van der Waals surface area contributed by atoms with Gasteiger partial charge in [0, 0.05) is 24.8 Å². The van der Waals surface area contributed by atoms with Crippen LogP contribution in [0.5, 0.6) is 0 Å². The van der Waals surface area contributed by atoms with E-state index in [9.17, 15) is 17.6 Å². The summed E-state index contributed by atoms with van der Waals surface area (Å²) in [6.07, 6.45) is -2.12. The molecule has 0 bridgehead atoms. The fourth-order valence-corrected chi connectivity index (χ4v) is 2.74. The van der Waals surface area contributed by atoms with Crippen molar-refractivity contribution in [3.8, 4) is 11.3 Å². The van der Waals surface area contributed by atoms with Gasteiger partial charge in [0.15, 0.2) is 5.69 Å². The van der Waals surface area contributed by atoms with Gasteiger partial charge in [-0.3, -0.25) is 4.68 Å². The molecule has 12 heteroatoms. The number of nitrogens with one attached hydrogen (secondary N) is 1. The molecular formula is C17H18F4N8. The normalized spacial score (nSPS) is 12.1. The molecule has 0 saturated heterocycles. The number of halogens is 4. The third-order valence-corrected chi connectivity index (χ3v) is 4.25. The van der Waals surface area contributed by atoms with Crippen LogP contribution in [-0.4, -0.2) is 35.7 Å². The molecule has 3 aromatic heterocycles. The van der Waals surface area contributed by atoms with E-state index >= 15 is 0 Å². The van der Waals surface area contributed by atoms with Crippen molar-refractivity contribution in [3.05, 3.63) is 40.9 Å². The van der Waals surface area contributed by atoms with Crippen molar-refractivity contribution in [2.45, 2.75) is 33.5 Å². The summed E-state index contributed by atoms with van der Waals surface area (Å²) in [5.74, 6) is -1.00. The van der Waals surface area contributed by atoms with Gasteiger partial charge in [0.1, 0.15) is 0 Å². The molecular weight excluding hydrogens is 392 g/mol. The Hall–Kier alpha value is -3.31. The zero-order valence-corrected chi connectivity index (χ0v) is 16.1. The lowest BCUT2D eigenvalue weighted by Gasteiger charge is -2.10. The number of hydrogen-bond acceptors (Lipinski definition) is 6. The second kappa shape index (κ2) is 7.60. The van der Waals surface area contributed by atoms with Crippen molar-refractivity contribution in [1.29, 1.82) is 0 Å². The second-order valence-corrected chi connectivity index (χ2v) is 6.20. The van der Waals surface area contributed by atoms with Crippen LogP contribution in [0.3, 0.4) is 0 Å². The van der Waals surface area contributed by atoms with Crippen molar-refractivity contribution < 1.29 is 17.6 Å². The first-order valence-corrected chi connectivity index (χ1v) is 8.59. The summed E-state index contributed by atoms with van der Waals surface area (Å²) in [5.41, 5.74) is 2.85. The smallest absolute Gasteiger partial charge is 0.269 e. The van der Waals surface area contributed by atoms with E-state index in [0.717, 1.165) is 17.0 Å². The largest absolute Gasteiger partial charge is 0.433 e. The van der Waals surface area contributed by atoms with Crippen LogP contribution in [0.25, 0.3) is 11.3 Å². The first-order chi connectivity index (χ1) is 13.6. The highest BCUT2D eigenvalue weighted by atomic mass is 19.4. The van der Waals surface area contributed by atoms with Gasteiger partial charge in [-0.25, -0.2) is 20.1 Å². The molecule has 0 aromatic carbocycles. The van der Waals surface area contributed by atoms with Gasteiger partial charge >= 0.3 is 6.18 Å². The fourth-order valence-electron chi connectivity index (χ4n) is 2.74. The van der Waals surface area contributed by atoms with Gasteiger partial charge < -0.3 is 0 Å². The molecule has 3 heterocycles. The van der Waals surface area contributed by atoms with Crippen LogP contribution in [-0.2, 0) is 19.8 Å². The van der Waals surface area contributed by atoms with Gasteiger partial charge in [-0.2, -0.15) is 32.9 Å². The predicted octanol–water partition coefficient (Wildman–Crippen LogP) is 3.31. The Morgan fingerprint density at radius 2 is 1.97 bits per heavy atom. The molecule has 0 saturated carbocycles. The third-order valence-electron chi connectivity index (χ3n) is 4.25. The number of hydrazone groups is 1. The van der Waals surface area contributed by atoms with Crippen LogP contribution in [0.2, 0.25) is 0 Å². The van der Waals surface area contributed by atoms with E-state index in [4.69, 9.17) is 0 Å². The summed E-state index contributed by atoms with van der Waals surface area (Å²) in [7, 11) is 1.42. The number of aromatic nitrogens is 6. The number of hydrogen-bond donors (Lipinski definition) is 1. The lowest BCUT2D eigenvalue weighted by Crippen LogP contribution is -2.11. The van der Waals surface area contributed by atoms with Crippen LogP contribution in [0.4, 0.5) is 23.5 Å². The fraction of sp³-hybridized carbons (Fsp3) is 0.353. The van der Waals surface area contributed by atoms with E-state index in [2.05, 4.69) is 30.7 Å². The summed E-state index contributed by atoms with van der Waals surface area (Å²) < 4.78 is 56.5. The molecule has 29 heavy (non-hydrogen) atoms. The zero-order valence-electron chi connectivity index (χ0n) is 16.1. The molecule has 0 amide bonds. The van der Waals surface area contributed by atoms with Crippen LogP contribution in [0.15, 0.2) is 17.4 Å². The molecule has 0 unspecified atom stereocenters. The van der Waals surface area contributed by atoms with Crippen LogP contribution in [0, 0.1) is 19.8 Å². The number of rotatable bonds is 5. The van der Waals surface area contributed by atoms with Crippen molar-refractivity contribution >= 4 is 12.2 Å². The lowest BCUT2D eigenvalue weighted by atomic mass is 10.1. The summed E-state index contributed by atoms with van der Waals surface area (Å²) >= 11 is 0. The highest BCUT2D eigenvalue weighted by Gasteiger charge is 2.34. The SMILES string of the molecule is CCn1ncc(-c2cc(C(F)(F)F)nc(N/N=C/c3c(C)nn(C)c3F)n2)c1C. The van der Waals surface area contributed by atoms with E-state index in [1.54, 1.807) is 18.5 Å². The van der Waals surface area contributed by atoms with Gasteiger partial charge in [-0.05, 0) is 26.8 Å². The molecule has 0 spiro atoms. The Morgan fingerprint density at radius 1 is 1.24 bits per heavy atom. The first kappa shape index (κ1) is 20.4. The van der Waals surface area contributed by atoms with Gasteiger partial charge in [0.05, 0.1) is 29.4 Å². The topological polar surface area (TPSA) is 85.8 Å². The van der Waals surface area contributed by atoms with Crippen LogP contribution in [0.1, 0.15) is 29.6 Å². The molecule has 8 nitrogen and oxygen atoms in total. The summed E-state index contributed by atoms with van der Waals surface area (Å²) in [4.78, 5) is 7.57. The van der Waals surface area contributed by atoms with E-state index < -0.39 is 17.8 Å². The molecule has 0 atom stereocenters. The van der Waals surface area contributed by atoms with Crippen molar-refractivity contribution in [2.75, 3.05) is 5.43 Å². The van der Waals surface area contributed by atoms with Crippen molar-refractivity contribution in [3.63, 3.8) is 0 Å². The maximum Gasteiger partial charge on any atom is 0.433 e. The average molecular weight is 410 g/mol. The van der Waals surface area contributed by atoms with Crippen molar-refractivity contribution in [1.82, 2.24) is 29.5 Å². The third kappa shape index (κ3) is 4.10. The van der Waals surface area contributed by atoms with Crippen LogP contribution >= 0.6 is 0 Å². The molecule has 0 radical (unpaired) electrons. The zero-order chi connectivity index (χ0) is 21.3. The number of anilines is 1. The van der Waals surface area contributed by atoms with E-state index in [1.165, 1.54) is 13.2 Å². The second-order valence-electron chi connectivity index (χ2n) is 6.20. The predicted molar refractivity (Wildman–Crippen MR) is 97.8 cm³/mol. The minimum Gasteiger partial charge on any atom is -0.269 e. The Labute approximate surface area is 163 Å². The monoisotopic (exact) mass is 410 g/mol. The van der Waals surface area contributed by atoms with Gasteiger partial charge in [-0.15, -0.1) is 0 Å². The maximum atomic E-state index is 13.9. The van der Waals surface area contributed by atoms with Gasteiger partial charge in [0.25, 0.3) is 0 Å². The summed E-state index contributed by atoms with van der Waals surface area (Å²) in [5, 5.41) is 11.8. The first-order valence-electron chi connectivity index (χ1n) is 8.59. The Kier molecular flexibility index (Phi) is 5.36. The molecule has 1 N–H and O–H groups in total. The lowest BCUT2D eigenvalue weighted by molar-refractivity contribution is -0.141. The van der Waals surface area contributed by atoms with E-state index in [0.29, 0.717) is 23.5 Å². The standard InChI is InChI=1S/C17H18F4N8/c1-5-29-10(3)12(8-23-29)13-6-14(17(19,20)21)25-16(24-13)26-22-7-11-9(2)27-28(4)15(11)18/h6-8H,5H2,1-4H3,(H,24,25,26)/b22-7+. The highest BCUT2D eigenvalue weighted by molar-refractivity contribution is 5.81. The maximum absolute atomic E-state index is 13.9. The summed E-state index contributed by atoms with van der Waals surface area (Å²) in [6.45, 7) is 5.75. The number of alkyl halides is 3. The van der Waals surface area contributed by atoms with E-state index in [-0.39, 0.29) is 17.2 Å². The van der Waals surface area contributed by atoms with Gasteiger partial charge in [-0.1, -0.05) is 0 Å². The van der Waals surface area contributed by atoms with Crippen molar-refractivity contribution in [2.24, 2.45) is 12.1 Å². The quantitative estimate of drug-likeness (QED) is 0.396. The van der Waals surface area contributed by atoms with Crippen LogP contribution < -0.4 is 5.43 Å². The molecule has 0 aliphatic heterocycles. The Morgan fingerprint density at radius 3 is 2.52 bits per heavy atom. The van der Waals surface area contributed by atoms with Gasteiger partial charge in [0.2, 0.25) is 11.9 Å². The molecule has 0 aliphatic rings. The number of aryl methyl sites for hydroxylation is 3. The Bertz CT molecular complexity index is 1060. The average Bonchev–Trinajstić information content (AvgIpc) is 3.14. The van der Waals surface area contributed by atoms with E-state index in [1.807, 2.05) is 6.92 Å².